The Morgan fingerprint density at radius 3 is 2.72 bits per heavy atom. The Bertz CT molecular complexity index is 996. The molecular formula is C18H18N6O. The summed E-state index contributed by atoms with van der Waals surface area (Å²) < 4.78 is 5.88. The molecule has 0 aliphatic rings. The number of hydrogen-bond acceptors (Lipinski definition) is 7. The largest absolute Gasteiger partial charge is 0.460 e. The highest BCUT2D eigenvalue weighted by molar-refractivity contribution is 5.97. The van der Waals surface area contributed by atoms with Crippen LogP contribution < -0.4 is 10.6 Å². The highest BCUT2D eigenvalue weighted by Crippen LogP contribution is 2.29. The van der Waals surface area contributed by atoms with Crippen molar-refractivity contribution in [3.63, 3.8) is 0 Å². The maximum Gasteiger partial charge on any atom is 0.230 e. The summed E-state index contributed by atoms with van der Waals surface area (Å²) in [7, 11) is 3.60. The van der Waals surface area contributed by atoms with E-state index in [0.29, 0.717) is 17.9 Å². The summed E-state index contributed by atoms with van der Waals surface area (Å²) in [4.78, 5) is 14.2. The number of nitrogen functional groups attached to an aromatic ring is 1. The Labute approximate surface area is 145 Å². The molecule has 0 atom stereocenters. The molecule has 126 valence electrons. The SMILES string of the molecule is CCc1oc2ccccc2c1/C=C(\C#N)c1nc(N)nc(N(C)C)n1. The number of hydrogen-bond donors (Lipinski definition) is 1. The second-order valence-corrected chi connectivity index (χ2v) is 5.67. The van der Waals surface area contributed by atoms with Crippen LogP contribution in [0.15, 0.2) is 28.7 Å². The summed E-state index contributed by atoms with van der Waals surface area (Å²) in [5.41, 5.74) is 7.72. The molecule has 0 aliphatic heterocycles. The predicted octanol–water partition coefficient (Wildman–Crippen LogP) is 2.89. The van der Waals surface area contributed by atoms with Crippen molar-refractivity contribution in [1.82, 2.24) is 15.0 Å². The van der Waals surface area contributed by atoms with Crippen LogP contribution in [0.1, 0.15) is 24.1 Å². The van der Waals surface area contributed by atoms with Crippen LogP contribution in [0, 0.1) is 11.3 Å². The molecule has 0 amide bonds. The summed E-state index contributed by atoms with van der Waals surface area (Å²) in [6, 6.07) is 9.88. The molecule has 7 heteroatoms. The first-order chi connectivity index (χ1) is 12.0. The van der Waals surface area contributed by atoms with Gasteiger partial charge in [-0.3, -0.25) is 0 Å². The lowest BCUT2D eigenvalue weighted by atomic mass is 10.1. The Hall–Kier alpha value is -3.40. The monoisotopic (exact) mass is 334 g/mol. The van der Waals surface area contributed by atoms with E-state index in [-0.39, 0.29) is 11.8 Å². The Balaban J connectivity index is 2.19. The Kier molecular flexibility index (Phi) is 4.35. The molecule has 7 nitrogen and oxygen atoms in total. The fourth-order valence-corrected chi connectivity index (χ4v) is 2.53. The van der Waals surface area contributed by atoms with Crippen molar-refractivity contribution in [2.75, 3.05) is 24.7 Å². The highest BCUT2D eigenvalue weighted by Gasteiger charge is 2.15. The summed E-state index contributed by atoms with van der Waals surface area (Å²) in [6.07, 6.45) is 2.46. The average molecular weight is 334 g/mol. The molecule has 3 rings (SSSR count). The van der Waals surface area contributed by atoms with Crippen LogP contribution in [-0.4, -0.2) is 29.0 Å². The molecule has 0 saturated carbocycles. The Morgan fingerprint density at radius 2 is 2.04 bits per heavy atom. The zero-order valence-corrected chi connectivity index (χ0v) is 14.3. The lowest BCUT2D eigenvalue weighted by Gasteiger charge is -2.11. The number of nitriles is 1. The zero-order chi connectivity index (χ0) is 18.0. The van der Waals surface area contributed by atoms with Gasteiger partial charge in [-0.2, -0.15) is 20.2 Å². The van der Waals surface area contributed by atoms with Crippen molar-refractivity contribution in [3.05, 3.63) is 41.4 Å². The van der Waals surface area contributed by atoms with Crippen LogP contribution in [0.4, 0.5) is 11.9 Å². The van der Waals surface area contributed by atoms with Gasteiger partial charge in [0, 0.05) is 31.5 Å². The zero-order valence-electron chi connectivity index (χ0n) is 14.3. The van der Waals surface area contributed by atoms with Crippen molar-refractivity contribution in [2.24, 2.45) is 0 Å². The van der Waals surface area contributed by atoms with E-state index < -0.39 is 0 Å². The number of anilines is 2. The first-order valence-corrected chi connectivity index (χ1v) is 7.85. The fraction of sp³-hybridized carbons (Fsp3) is 0.222. The summed E-state index contributed by atoms with van der Waals surface area (Å²) >= 11 is 0. The first kappa shape index (κ1) is 16.5. The topological polar surface area (TPSA) is 105 Å². The molecule has 25 heavy (non-hydrogen) atoms. The molecule has 0 bridgehead atoms. The quantitative estimate of drug-likeness (QED) is 0.731. The number of benzene rings is 1. The molecule has 0 spiro atoms. The fourth-order valence-electron chi connectivity index (χ4n) is 2.53. The summed E-state index contributed by atoms with van der Waals surface area (Å²) in [5, 5.41) is 10.6. The van der Waals surface area contributed by atoms with E-state index in [2.05, 4.69) is 21.0 Å². The van der Waals surface area contributed by atoms with Gasteiger partial charge in [0.2, 0.25) is 11.9 Å². The number of nitrogens with two attached hydrogens (primary N) is 1. The molecule has 0 radical (unpaired) electrons. The van der Waals surface area contributed by atoms with Crippen molar-refractivity contribution in [3.8, 4) is 6.07 Å². The van der Waals surface area contributed by atoms with Gasteiger partial charge in [-0.25, -0.2) is 0 Å². The standard InChI is InChI=1S/C18H18N6O/c1-4-14-13(12-7-5-6-8-15(12)25-14)9-11(10-19)16-21-17(20)23-18(22-16)24(2)3/h5-9H,4H2,1-3H3,(H2,20,21,22,23)/b11-9+. The van der Waals surface area contributed by atoms with E-state index >= 15 is 0 Å². The third-order valence-corrected chi connectivity index (χ3v) is 3.72. The summed E-state index contributed by atoms with van der Waals surface area (Å²) in [5.74, 6) is 1.52. The average Bonchev–Trinajstić information content (AvgIpc) is 2.96. The lowest BCUT2D eigenvalue weighted by molar-refractivity contribution is 0.556. The number of aromatic nitrogens is 3. The number of para-hydroxylation sites is 1. The summed E-state index contributed by atoms with van der Waals surface area (Å²) in [6.45, 7) is 2.01. The van der Waals surface area contributed by atoms with Crippen LogP contribution in [-0.2, 0) is 6.42 Å². The Morgan fingerprint density at radius 1 is 1.28 bits per heavy atom. The van der Waals surface area contributed by atoms with Crippen LogP contribution in [0.2, 0.25) is 0 Å². The van der Waals surface area contributed by atoms with Gasteiger partial charge in [0.1, 0.15) is 17.4 Å². The van der Waals surface area contributed by atoms with E-state index in [9.17, 15) is 5.26 Å². The highest BCUT2D eigenvalue weighted by atomic mass is 16.3. The molecule has 0 saturated heterocycles. The molecule has 2 aromatic heterocycles. The van der Waals surface area contributed by atoms with Gasteiger partial charge in [0.05, 0.1) is 5.57 Å². The molecule has 0 fully saturated rings. The molecule has 2 N–H and O–H groups in total. The maximum absolute atomic E-state index is 9.63. The van der Waals surface area contributed by atoms with Crippen LogP contribution >= 0.6 is 0 Å². The molecule has 0 unspecified atom stereocenters. The smallest absolute Gasteiger partial charge is 0.230 e. The number of rotatable bonds is 4. The van der Waals surface area contributed by atoms with Crippen LogP contribution in [0.5, 0.6) is 0 Å². The van der Waals surface area contributed by atoms with Gasteiger partial charge in [0.15, 0.2) is 5.82 Å². The van der Waals surface area contributed by atoms with Gasteiger partial charge in [0.25, 0.3) is 0 Å². The van der Waals surface area contributed by atoms with Gasteiger partial charge in [-0.05, 0) is 12.1 Å². The first-order valence-electron chi connectivity index (χ1n) is 7.85. The van der Waals surface area contributed by atoms with Gasteiger partial charge in [-0.15, -0.1) is 0 Å². The molecule has 3 aromatic rings. The number of nitrogens with zero attached hydrogens (tertiary/aromatic N) is 5. The van der Waals surface area contributed by atoms with E-state index in [1.165, 1.54) is 0 Å². The van der Waals surface area contributed by atoms with E-state index in [0.717, 1.165) is 22.3 Å². The minimum Gasteiger partial charge on any atom is -0.460 e. The van der Waals surface area contributed by atoms with Gasteiger partial charge >= 0.3 is 0 Å². The van der Waals surface area contributed by atoms with E-state index in [4.69, 9.17) is 10.2 Å². The van der Waals surface area contributed by atoms with Crippen molar-refractivity contribution in [2.45, 2.75) is 13.3 Å². The number of furan rings is 1. The minimum atomic E-state index is 0.0719. The van der Waals surface area contributed by atoms with E-state index in [1.54, 1.807) is 25.1 Å². The molecule has 1 aromatic carbocycles. The maximum atomic E-state index is 9.63. The van der Waals surface area contributed by atoms with E-state index in [1.807, 2.05) is 31.2 Å². The molecular weight excluding hydrogens is 316 g/mol. The second-order valence-electron chi connectivity index (χ2n) is 5.67. The predicted molar refractivity (Wildman–Crippen MR) is 97.6 cm³/mol. The molecule has 0 aliphatic carbocycles. The third-order valence-electron chi connectivity index (χ3n) is 3.72. The number of fused-ring (bicyclic) bond motifs is 1. The van der Waals surface area contributed by atoms with Crippen molar-refractivity contribution >= 4 is 34.5 Å². The normalized spacial score (nSPS) is 11.5. The van der Waals surface area contributed by atoms with Crippen molar-refractivity contribution in [1.29, 1.82) is 5.26 Å². The van der Waals surface area contributed by atoms with Gasteiger partial charge < -0.3 is 15.1 Å². The van der Waals surface area contributed by atoms with Gasteiger partial charge in [-0.1, -0.05) is 25.1 Å². The third kappa shape index (κ3) is 3.15. The lowest BCUT2D eigenvalue weighted by Crippen LogP contribution is -2.15. The number of aryl methyl sites for hydroxylation is 1. The molecule has 2 heterocycles. The van der Waals surface area contributed by atoms with Crippen molar-refractivity contribution < 1.29 is 4.42 Å². The second kappa shape index (κ2) is 6.61. The number of allylic oxidation sites excluding steroid dienone is 1. The van der Waals surface area contributed by atoms with Crippen LogP contribution in [0.3, 0.4) is 0 Å². The van der Waals surface area contributed by atoms with Crippen LogP contribution in [0.25, 0.3) is 22.6 Å². The minimum absolute atomic E-state index is 0.0719.